The van der Waals surface area contributed by atoms with Crippen LogP contribution in [0.1, 0.15) is 51.9 Å². The standard InChI is InChI=1S/C19H32O9S2/c1-2-3-4-5-6-9-26-17-14-18(27-10-7-12-29(20,21)22)16-19(15-17)28-11-8-13-30(23,24)25/h14-16H,2-13H2,1H3,(H,20,21,22)(H,23,24,25). The Labute approximate surface area is 179 Å². The van der Waals surface area contributed by atoms with Gasteiger partial charge in [0.25, 0.3) is 20.2 Å². The van der Waals surface area contributed by atoms with Crippen molar-refractivity contribution in [1.82, 2.24) is 0 Å². The van der Waals surface area contributed by atoms with Gasteiger partial charge >= 0.3 is 0 Å². The minimum atomic E-state index is -4.04. The molecule has 0 radical (unpaired) electrons. The molecule has 1 rings (SSSR count). The van der Waals surface area contributed by atoms with Gasteiger partial charge in [-0.05, 0) is 19.3 Å². The molecule has 1 aromatic carbocycles. The summed E-state index contributed by atoms with van der Waals surface area (Å²) in [7, 11) is -8.09. The van der Waals surface area contributed by atoms with Gasteiger partial charge in [0.05, 0.1) is 31.3 Å². The zero-order chi connectivity index (χ0) is 22.5. The van der Waals surface area contributed by atoms with E-state index in [9.17, 15) is 16.8 Å². The van der Waals surface area contributed by atoms with Crippen LogP contribution < -0.4 is 14.2 Å². The van der Waals surface area contributed by atoms with E-state index in [0.717, 1.165) is 25.7 Å². The molecular weight excluding hydrogens is 436 g/mol. The minimum absolute atomic E-state index is 0.0719. The molecule has 9 nitrogen and oxygen atoms in total. The van der Waals surface area contributed by atoms with Crippen molar-refractivity contribution in [1.29, 1.82) is 0 Å². The van der Waals surface area contributed by atoms with Gasteiger partial charge < -0.3 is 14.2 Å². The lowest BCUT2D eigenvalue weighted by Gasteiger charge is -2.13. The molecule has 0 unspecified atom stereocenters. The molecule has 1 aromatic rings. The fourth-order valence-electron chi connectivity index (χ4n) is 2.55. The van der Waals surface area contributed by atoms with Gasteiger partial charge in [-0.1, -0.05) is 32.6 Å². The summed E-state index contributed by atoms with van der Waals surface area (Å²) in [6.45, 7) is 2.82. The van der Waals surface area contributed by atoms with Crippen LogP contribution in [0.4, 0.5) is 0 Å². The molecule has 0 heterocycles. The summed E-state index contributed by atoms with van der Waals surface area (Å²) in [5, 5.41) is 0. The zero-order valence-corrected chi connectivity index (χ0v) is 18.9. The lowest BCUT2D eigenvalue weighted by molar-refractivity contribution is 0.282. The van der Waals surface area contributed by atoms with E-state index in [1.54, 1.807) is 18.2 Å². The first kappa shape index (κ1) is 26.5. The van der Waals surface area contributed by atoms with Crippen molar-refractivity contribution < 1.29 is 40.2 Å². The van der Waals surface area contributed by atoms with Crippen LogP contribution in [0, 0.1) is 0 Å². The number of rotatable bonds is 17. The molecule has 11 heteroatoms. The lowest BCUT2D eigenvalue weighted by Crippen LogP contribution is -2.09. The van der Waals surface area contributed by atoms with Gasteiger partial charge in [-0.25, -0.2) is 0 Å². The molecule has 0 amide bonds. The van der Waals surface area contributed by atoms with Crippen LogP contribution in [0.2, 0.25) is 0 Å². The summed E-state index contributed by atoms with van der Waals surface area (Å²) < 4.78 is 77.5. The first-order valence-electron chi connectivity index (χ1n) is 10.0. The second-order valence-electron chi connectivity index (χ2n) is 6.88. The van der Waals surface area contributed by atoms with Crippen LogP contribution in [0.3, 0.4) is 0 Å². The highest BCUT2D eigenvalue weighted by Crippen LogP contribution is 2.28. The average molecular weight is 469 g/mol. The molecule has 2 N–H and O–H groups in total. The molecule has 0 saturated heterocycles. The van der Waals surface area contributed by atoms with Gasteiger partial charge in [-0.2, -0.15) is 16.8 Å². The van der Waals surface area contributed by atoms with Crippen molar-refractivity contribution >= 4 is 20.2 Å². The predicted octanol–water partition coefficient (Wildman–Crippen LogP) is 3.35. The molecule has 0 saturated carbocycles. The van der Waals surface area contributed by atoms with Crippen LogP contribution in [0.5, 0.6) is 17.2 Å². The SMILES string of the molecule is CCCCCCCOc1cc(OCCCS(=O)(=O)O)cc(OCCCS(=O)(=O)O)c1. The van der Waals surface area contributed by atoms with E-state index < -0.39 is 31.7 Å². The van der Waals surface area contributed by atoms with Crippen LogP contribution in [0.25, 0.3) is 0 Å². The second-order valence-corrected chi connectivity index (χ2v) is 10.0. The topological polar surface area (TPSA) is 136 Å². The summed E-state index contributed by atoms with van der Waals surface area (Å²) in [5.74, 6) is 0.514. The van der Waals surface area contributed by atoms with Gasteiger partial charge in [0.15, 0.2) is 0 Å². The third-order valence-corrected chi connectivity index (χ3v) is 5.61. The zero-order valence-electron chi connectivity index (χ0n) is 17.3. The summed E-state index contributed by atoms with van der Waals surface area (Å²) in [4.78, 5) is 0. The maximum absolute atomic E-state index is 10.8. The van der Waals surface area contributed by atoms with Crippen LogP contribution in [0.15, 0.2) is 18.2 Å². The molecule has 0 bridgehead atoms. The van der Waals surface area contributed by atoms with Crippen molar-refractivity contribution in [2.75, 3.05) is 31.3 Å². The van der Waals surface area contributed by atoms with Gasteiger partial charge in [0.2, 0.25) is 0 Å². The predicted molar refractivity (Wildman–Crippen MR) is 114 cm³/mol. The Morgan fingerprint density at radius 3 is 1.37 bits per heavy atom. The number of benzene rings is 1. The molecular formula is C19H32O9S2. The molecule has 0 aliphatic carbocycles. The molecule has 0 atom stereocenters. The smallest absolute Gasteiger partial charge is 0.264 e. The molecule has 174 valence electrons. The molecule has 0 aromatic heterocycles. The highest BCUT2D eigenvalue weighted by Gasteiger charge is 2.09. The van der Waals surface area contributed by atoms with E-state index >= 15 is 0 Å². The van der Waals surface area contributed by atoms with Crippen molar-refractivity contribution in [3.63, 3.8) is 0 Å². The Morgan fingerprint density at radius 1 is 0.633 bits per heavy atom. The largest absolute Gasteiger partial charge is 0.493 e. The Hall–Kier alpha value is -1.56. The van der Waals surface area contributed by atoms with E-state index in [1.807, 2.05) is 0 Å². The van der Waals surface area contributed by atoms with E-state index in [-0.39, 0.29) is 26.1 Å². The van der Waals surface area contributed by atoms with Crippen LogP contribution >= 0.6 is 0 Å². The second kappa shape index (κ2) is 13.7. The van der Waals surface area contributed by atoms with Gasteiger partial charge in [-0.15, -0.1) is 0 Å². The van der Waals surface area contributed by atoms with Crippen LogP contribution in [-0.2, 0) is 20.2 Å². The van der Waals surface area contributed by atoms with Crippen molar-refractivity contribution in [2.24, 2.45) is 0 Å². The van der Waals surface area contributed by atoms with Crippen molar-refractivity contribution in [3.8, 4) is 17.2 Å². The summed E-state index contributed by atoms with van der Waals surface area (Å²) in [6.07, 6.45) is 5.71. The fourth-order valence-corrected chi connectivity index (χ4v) is 3.52. The first-order valence-corrected chi connectivity index (χ1v) is 13.2. The maximum Gasteiger partial charge on any atom is 0.264 e. The Morgan fingerprint density at radius 2 is 1.00 bits per heavy atom. The number of unbranched alkanes of at least 4 members (excludes halogenated alkanes) is 4. The van der Waals surface area contributed by atoms with E-state index in [1.165, 1.54) is 6.42 Å². The lowest BCUT2D eigenvalue weighted by atomic mass is 10.2. The highest BCUT2D eigenvalue weighted by molar-refractivity contribution is 7.86. The fraction of sp³-hybridized carbons (Fsp3) is 0.684. The number of ether oxygens (including phenoxy) is 3. The Kier molecular flexibility index (Phi) is 12.1. The number of hydrogen-bond acceptors (Lipinski definition) is 7. The van der Waals surface area contributed by atoms with E-state index in [2.05, 4.69) is 6.92 Å². The van der Waals surface area contributed by atoms with E-state index in [4.69, 9.17) is 23.3 Å². The normalized spacial score (nSPS) is 12.0. The van der Waals surface area contributed by atoms with Crippen LogP contribution in [-0.4, -0.2) is 57.3 Å². The van der Waals surface area contributed by atoms with Gasteiger partial charge in [0, 0.05) is 18.2 Å². The maximum atomic E-state index is 10.8. The Bertz CT molecular complexity index is 762. The summed E-state index contributed by atoms with van der Waals surface area (Å²) in [6, 6.07) is 4.89. The monoisotopic (exact) mass is 468 g/mol. The summed E-state index contributed by atoms with van der Waals surface area (Å²) in [5.41, 5.74) is 0. The molecule has 30 heavy (non-hydrogen) atoms. The third kappa shape index (κ3) is 14.4. The molecule has 0 spiro atoms. The summed E-state index contributed by atoms with van der Waals surface area (Å²) >= 11 is 0. The van der Waals surface area contributed by atoms with Gasteiger partial charge in [0.1, 0.15) is 17.2 Å². The minimum Gasteiger partial charge on any atom is -0.493 e. The number of hydrogen-bond donors (Lipinski definition) is 2. The Balaban J connectivity index is 2.64. The molecule has 0 fully saturated rings. The third-order valence-electron chi connectivity index (χ3n) is 4.00. The van der Waals surface area contributed by atoms with E-state index in [0.29, 0.717) is 23.9 Å². The highest BCUT2D eigenvalue weighted by atomic mass is 32.2. The first-order chi connectivity index (χ1) is 14.1. The average Bonchev–Trinajstić information content (AvgIpc) is 2.64. The van der Waals surface area contributed by atoms with Gasteiger partial charge in [-0.3, -0.25) is 9.11 Å². The molecule has 0 aliphatic heterocycles. The van der Waals surface area contributed by atoms with Crippen molar-refractivity contribution in [3.05, 3.63) is 18.2 Å². The quantitative estimate of drug-likeness (QED) is 0.260. The van der Waals surface area contributed by atoms with Crippen molar-refractivity contribution in [2.45, 2.75) is 51.9 Å². The molecule has 0 aliphatic rings.